The lowest BCUT2D eigenvalue weighted by Gasteiger charge is -2.16. The maximum atomic E-state index is 4.48. The van der Waals surface area contributed by atoms with Crippen molar-refractivity contribution in [1.29, 1.82) is 0 Å². The number of aryl methyl sites for hydroxylation is 1. The molecule has 0 spiro atoms. The Morgan fingerprint density at radius 3 is 2.88 bits per heavy atom. The van der Waals surface area contributed by atoms with Crippen LogP contribution in [0.25, 0.3) is 10.9 Å². The number of benzene rings is 1. The summed E-state index contributed by atoms with van der Waals surface area (Å²) in [6, 6.07) is 10.6. The molecular formula is C20H22N4. The molecule has 1 aliphatic rings. The van der Waals surface area contributed by atoms with Crippen LogP contribution in [0.3, 0.4) is 0 Å². The molecule has 3 heterocycles. The SMILES string of the molecule is Cc1cnc(CN2CC[C@H](Cc3ccnc4ccccc34)C2)cn1. The first-order valence-electron chi connectivity index (χ1n) is 8.60. The highest BCUT2D eigenvalue weighted by Crippen LogP contribution is 2.25. The number of hydrogen-bond acceptors (Lipinski definition) is 4. The zero-order valence-corrected chi connectivity index (χ0v) is 14.0. The summed E-state index contributed by atoms with van der Waals surface area (Å²) in [5.41, 5.74) is 4.56. The standard InChI is InChI=1S/C20H22N4/c1-15-11-23-18(12-22-15)14-24-9-7-16(13-24)10-17-6-8-21-20-5-3-2-4-19(17)20/h2-6,8,11-12,16H,7,9-10,13-14H2,1H3/t16-/m1/s1. The number of para-hydroxylation sites is 1. The molecule has 0 aliphatic carbocycles. The van der Waals surface area contributed by atoms with Gasteiger partial charge in [0.25, 0.3) is 0 Å². The molecule has 0 bridgehead atoms. The number of fused-ring (bicyclic) bond motifs is 1. The van der Waals surface area contributed by atoms with Gasteiger partial charge in [-0.15, -0.1) is 0 Å². The van der Waals surface area contributed by atoms with Crippen LogP contribution in [-0.4, -0.2) is 32.9 Å². The summed E-state index contributed by atoms with van der Waals surface area (Å²) >= 11 is 0. The number of pyridine rings is 1. The van der Waals surface area contributed by atoms with Crippen LogP contribution in [0.2, 0.25) is 0 Å². The van der Waals surface area contributed by atoms with E-state index in [0.29, 0.717) is 5.92 Å². The fourth-order valence-corrected chi connectivity index (χ4v) is 3.60. The largest absolute Gasteiger partial charge is 0.297 e. The topological polar surface area (TPSA) is 41.9 Å². The van der Waals surface area contributed by atoms with Gasteiger partial charge in [0, 0.05) is 37.1 Å². The highest BCUT2D eigenvalue weighted by Gasteiger charge is 2.23. The molecule has 1 saturated heterocycles. The maximum absolute atomic E-state index is 4.48. The molecular weight excluding hydrogens is 296 g/mol. The normalized spacial score (nSPS) is 18.3. The van der Waals surface area contributed by atoms with Crippen molar-refractivity contribution >= 4 is 10.9 Å². The zero-order chi connectivity index (χ0) is 16.4. The van der Waals surface area contributed by atoms with Crippen molar-refractivity contribution in [1.82, 2.24) is 19.9 Å². The van der Waals surface area contributed by atoms with Gasteiger partial charge in [0.2, 0.25) is 0 Å². The second-order valence-corrected chi connectivity index (χ2v) is 6.73. The van der Waals surface area contributed by atoms with Crippen LogP contribution in [0, 0.1) is 12.8 Å². The highest BCUT2D eigenvalue weighted by atomic mass is 15.2. The second-order valence-electron chi connectivity index (χ2n) is 6.73. The average molecular weight is 318 g/mol. The van der Waals surface area contributed by atoms with Gasteiger partial charge in [0.1, 0.15) is 0 Å². The van der Waals surface area contributed by atoms with Gasteiger partial charge in [0.05, 0.1) is 16.9 Å². The summed E-state index contributed by atoms with van der Waals surface area (Å²) in [6.07, 6.45) is 8.06. The van der Waals surface area contributed by atoms with Gasteiger partial charge in [-0.05, 0) is 49.9 Å². The molecule has 4 heteroatoms. The van der Waals surface area contributed by atoms with Crippen molar-refractivity contribution in [2.24, 2.45) is 5.92 Å². The summed E-state index contributed by atoms with van der Waals surface area (Å²) in [5.74, 6) is 0.703. The third-order valence-corrected chi connectivity index (χ3v) is 4.84. The van der Waals surface area contributed by atoms with Gasteiger partial charge in [-0.25, -0.2) is 0 Å². The van der Waals surface area contributed by atoms with E-state index in [9.17, 15) is 0 Å². The molecule has 2 aromatic heterocycles. The van der Waals surface area contributed by atoms with Gasteiger partial charge >= 0.3 is 0 Å². The first-order valence-corrected chi connectivity index (χ1v) is 8.60. The fourth-order valence-electron chi connectivity index (χ4n) is 3.60. The predicted octanol–water partition coefficient (Wildman–Crippen LogP) is 3.40. The lowest BCUT2D eigenvalue weighted by molar-refractivity contribution is 0.312. The molecule has 1 atom stereocenters. The Kier molecular flexibility index (Phi) is 4.22. The summed E-state index contributed by atoms with van der Waals surface area (Å²) in [6.45, 7) is 5.15. The smallest absolute Gasteiger partial charge is 0.0727 e. The van der Waals surface area contributed by atoms with E-state index in [1.807, 2.05) is 25.5 Å². The predicted molar refractivity (Wildman–Crippen MR) is 95.6 cm³/mol. The van der Waals surface area contributed by atoms with E-state index in [2.05, 4.69) is 50.2 Å². The number of aromatic nitrogens is 3. The van der Waals surface area contributed by atoms with Gasteiger partial charge < -0.3 is 0 Å². The van der Waals surface area contributed by atoms with Crippen LogP contribution in [0.15, 0.2) is 48.9 Å². The minimum absolute atomic E-state index is 0.703. The quantitative estimate of drug-likeness (QED) is 0.739. The molecule has 1 fully saturated rings. The Bertz CT molecular complexity index is 823. The van der Waals surface area contributed by atoms with E-state index < -0.39 is 0 Å². The van der Waals surface area contributed by atoms with Crippen LogP contribution >= 0.6 is 0 Å². The summed E-state index contributed by atoms with van der Waals surface area (Å²) < 4.78 is 0. The van der Waals surface area contributed by atoms with Gasteiger partial charge in [-0.3, -0.25) is 19.9 Å². The van der Waals surface area contributed by atoms with E-state index in [1.54, 1.807) is 0 Å². The van der Waals surface area contributed by atoms with Crippen LogP contribution < -0.4 is 0 Å². The molecule has 24 heavy (non-hydrogen) atoms. The molecule has 0 radical (unpaired) electrons. The molecule has 1 aromatic carbocycles. The molecule has 122 valence electrons. The lowest BCUT2D eigenvalue weighted by atomic mass is 9.96. The van der Waals surface area contributed by atoms with E-state index in [0.717, 1.165) is 43.0 Å². The van der Waals surface area contributed by atoms with E-state index in [-0.39, 0.29) is 0 Å². The Balaban J connectivity index is 1.42. The van der Waals surface area contributed by atoms with Crippen molar-refractivity contribution in [3.05, 3.63) is 65.9 Å². The Labute approximate surface area is 142 Å². The van der Waals surface area contributed by atoms with E-state index >= 15 is 0 Å². The van der Waals surface area contributed by atoms with E-state index in [4.69, 9.17) is 0 Å². The maximum Gasteiger partial charge on any atom is 0.0727 e. The average Bonchev–Trinajstić information content (AvgIpc) is 3.04. The van der Waals surface area contributed by atoms with Crippen molar-refractivity contribution in [3.63, 3.8) is 0 Å². The highest BCUT2D eigenvalue weighted by molar-refractivity contribution is 5.81. The van der Waals surface area contributed by atoms with Crippen molar-refractivity contribution < 1.29 is 0 Å². The monoisotopic (exact) mass is 318 g/mol. The molecule has 1 aliphatic heterocycles. The minimum atomic E-state index is 0.703. The molecule has 4 rings (SSSR count). The molecule has 0 N–H and O–H groups in total. The number of likely N-dealkylation sites (tertiary alicyclic amines) is 1. The fraction of sp³-hybridized carbons (Fsp3) is 0.350. The summed E-state index contributed by atoms with van der Waals surface area (Å²) in [5, 5.41) is 1.29. The third kappa shape index (κ3) is 3.29. The van der Waals surface area contributed by atoms with Crippen molar-refractivity contribution in [2.45, 2.75) is 26.3 Å². The summed E-state index contributed by atoms with van der Waals surface area (Å²) in [7, 11) is 0. The minimum Gasteiger partial charge on any atom is -0.297 e. The van der Waals surface area contributed by atoms with Crippen LogP contribution in [0.5, 0.6) is 0 Å². The lowest BCUT2D eigenvalue weighted by Crippen LogP contribution is -2.21. The molecule has 3 aromatic rings. The van der Waals surface area contributed by atoms with Gasteiger partial charge in [0.15, 0.2) is 0 Å². The van der Waals surface area contributed by atoms with Crippen LogP contribution in [-0.2, 0) is 13.0 Å². The molecule has 4 nitrogen and oxygen atoms in total. The van der Waals surface area contributed by atoms with Crippen molar-refractivity contribution in [2.75, 3.05) is 13.1 Å². The number of rotatable bonds is 4. The van der Waals surface area contributed by atoms with Crippen LogP contribution in [0.4, 0.5) is 0 Å². The van der Waals surface area contributed by atoms with Gasteiger partial charge in [-0.2, -0.15) is 0 Å². The molecule has 0 amide bonds. The first-order chi connectivity index (χ1) is 11.8. The third-order valence-electron chi connectivity index (χ3n) is 4.84. The van der Waals surface area contributed by atoms with E-state index in [1.165, 1.54) is 17.4 Å². The number of hydrogen-bond donors (Lipinski definition) is 0. The van der Waals surface area contributed by atoms with Crippen LogP contribution in [0.1, 0.15) is 23.4 Å². The Morgan fingerprint density at radius 1 is 1.08 bits per heavy atom. The van der Waals surface area contributed by atoms with Crippen molar-refractivity contribution in [3.8, 4) is 0 Å². The second kappa shape index (κ2) is 6.65. The first kappa shape index (κ1) is 15.2. The zero-order valence-electron chi connectivity index (χ0n) is 14.0. The number of nitrogens with zero attached hydrogens (tertiary/aromatic N) is 4. The Morgan fingerprint density at radius 2 is 2.00 bits per heavy atom. The van der Waals surface area contributed by atoms with Gasteiger partial charge in [-0.1, -0.05) is 18.2 Å². The Hall–Kier alpha value is -2.33. The molecule has 0 unspecified atom stereocenters. The summed E-state index contributed by atoms with van der Waals surface area (Å²) in [4.78, 5) is 15.8. The molecule has 0 saturated carbocycles.